The van der Waals surface area contributed by atoms with Gasteiger partial charge in [-0.05, 0) is 36.5 Å². The van der Waals surface area contributed by atoms with Gasteiger partial charge in [0.25, 0.3) is 0 Å². The predicted octanol–water partition coefficient (Wildman–Crippen LogP) is 3.19. The van der Waals surface area contributed by atoms with Crippen LogP contribution in [0.1, 0.15) is 24.0 Å². The molecule has 2 aromatic rings. The first-order valence-corrected chi connectivity index (χ1v) is 8.46. The predicted molar refractivity (Wildman–Crippen MR) is 94.7 cm³/mol. The number of amides is 1. The Morgan fingerprint density at radius 1 is 1.04 bits per heavy atom. The van der Waals surface area contributed by atoms with E-state index in [1.165, 1.54) is 23.2 Å². The molecule has 1 amide bonds. The Labute approximate surface area is 138 Å². The summed E-state index contributed by atoms with van der Waals surface area (Å²) in [5.74, 6) is 0.143. The number of anilines is 1. The van der Waals surface area contributed by atoms with Gasteiger partial charge in [0.2, 0.25) is 5.91 Å². The van der Waals surface area contributed by atoms with Crippen LogP contribution >= 0.6 is 0 Å². The summed E-state index contributed by atoms with van der Waals surface area (Å²) in [7, 11) is 0. The quantitative estimate of drug-likeness (QED) is 0.889. The number of hydrogen-bond donors (Lipinski definition) is 1. The van der Waals surface area contributed by atoms with E-state index in [2.05, 4.69) is 46.6 Å². The van der Waals surface area contributed by atoms with Crippen molar-refractivity contribution in [1.82, 2.24) is 5.32 Å². The average Bonchev–Trinajstić information content (AvgIpc) is 2.61. The van der Waals surface area contributed by atoms with E-state index >= 15 is 0 Å². The third kappa shape index (κ3) is 4.35. The highest BCUT2D eigenvalue weighted by molar-refractivity contribution is 5.76. The lowest BCUT2D eigenvalue weighted by Gasteiger charge is -2.31. The highest BCUT2D eigenvalue weighted by Gasteiger charge is 2.16. The Kier molecular flexibility index (Phi) is 5.30. The number of nitrogens with zero attached hydrogens (tertiary/aromatic N) is 1. The van der Waals surface area contributed by atoms with Crippen molar-refractivity contribution < 1.29 is 4.79 Å². The van der Waals surface area contributed by atoms with E-state index in [0.717, 1.165) is 25.9 Å². The van der Waals surface area contributed by atoms with Crippen molar-refractivity contribution in [2.24, 2.45) is 0 Å². The van der Waals surface area contributed by atoms with Gasteiger partial charge in [-0.25, -0.2) is 0 Å². The van der Waals surface area contributed by atoms with Gasteiger partial charge in [0.1, 0.15) is 0 Å². The van der Waals surface area contributed by atoms with Gasteiger partial charge in [0.15, 0.2) is 0 Å². The van der Waals surface area contributed by atoms with Crippen molar-refractivity contribution in [3.05, 3.63) is 65.7 Å². The molecule has 0 saturated heterocycles. The molecule has 1 aliphatic heterocycles. The summed E-state index contributed by atoms with van der Waals surface area (Å²) in [4.78, 5) is 14.4. The van der Waals surface area contributed by atoms with E-state index in [1.807, 2.05) is 18.2 Å². The van der Waals surface area contributed by atoms with Crippen LogP contribution in [0, 0.1) is 0 Å². The molecule has 3 rings (SSSR count). The van der Waals surface area contributed by atoms with Crippen molar-refractivity contribution in [3.63, 3.8) is 0 Å². The fraction of sp³-hybridized carbons (Fsp3) is 0.350. The van der Waals surface area contributed by atoms with Crippen molar-refractivity contribution in [3.8, 4) is 0 Å². The Hall–Kier alpha value is -2.29. The minimum absolute atomic E-state index is 0.143. The summed E-state index contributed by atoms with van der Waals surface area (Å²) < 4.78 is 0. The molecule has 1 N–H and O–H groups in total. The lowest BCUT2D eigenvalue weighted by atomic mass is 10.0. The van der Waals surface area contributed by atoms with Gasteiger partial charge in [-0.15, -0.1) is 0 Å². The van der Waals surface area contributed by atoms with Gasteiger partial charge in [0.05, 0.1) is 0 Å². The van der Waals surface area contributed by atoms with Crippen LogP contribution in [0.4, 0.5) is 5.69 Å². The zero-order valence-corrected chi connectivity index (χ0v) is 13.5. The maximum Gasteiger partial charge on any atom is 0.221 e. The van der Waals surface area contributed by atoms with E-state index in [9.17, 15) is 4.79 Å². The maximum absolute atomic E-state index is 12.1. The monoisotopic (exact) mass is 308 g/mol. The summed E-state index contributed by atoms with van der Waals surface area (Å²) in [5.41, 5.74) is 3.97. The molecule has 1 heterocycles. The number of benzene rings is 2. The van der Waals surface area contributed by atoms with E-state index in [0.29, 0.717) is 13.0 Å². The molecule has 0 aromatic heterocycles. The highest BCUT2D eigenvalue weighted by Crippen LogP contribution is 2.26. The van der Waals surface area contributed by atoms with E-state index < -0.39 is 0 Å². The van der Waals surface area contributed by atoms with Crippen LogP contribution in [0.3, 0.4) is 0 Å². The smallest absolute Gasteiger partial charge is 0.221 e. The molecule has 120 valence electrons. The standard InChI is InChI=1S/C20H24N2O/c23-20(21-14-12-17-7-2-1-3-8-17)13-16-22-15-6-10-18-9-4-5-11-19(18)22/h1-5,7-9,11H,6,10,12-16H2,(H,21,23). The third-order valence-electron chi connectivity index (χ3n) is 4.39. The topological polar surface area (TPSA) is 32.3 Å². The molecule has 0 saturated carbocycles. The van der Waals surface area contributed by atoms with Crippen molar-refractivity contribution in [1.29, 1.82) is 0 Å². The van der Waals surface area contributed by atoms with E-state index in [-0.39, 0.29) is 5.91 Å². The number of carbonyl (C=O) groups is 1. The molecule has 0 radical (unpaired) electrons. The summed E-state index contributed by atoms with van der Waals surface area (Å²) >= 11 is 0. The first-order chi connectivity index (χ1) is 11.3. The molecular formula is C20H24N2O. The van der Waals surface area contributed by atoms with Crippen LogP contribution in [0.5, 0.6) is 0 Å². The number of aryl methyl sites for hydroxylation is 1. The second kappa shape index (κ2) is 7.82. The molecule has 0 unspecified atom stereocenters. The van der Waals surface area contributed by atoms with E-state index in [1.54, 1.807) is 0 Å². The minimum Gasteiger partial charge on any atom is -0.371 e. The largest absolute Gasteiger partial charge is 0.371 e. The molecule has 0 fully saturated rings. The molecule has 0 spiro atoms. The normalized spacial score (nSPS) is 13.5. The minimum atomic E-state index is 0.143. The Balaban J connectivity index is 1.43. The maximum atomic E-state index is 12.1. The number of hydrogen-bond acceptors (Lipinski definition) is 2. The van der Waals surface area contributed by atoms with Gasteiger partial charge >= 0.3 is 0 Å². The number of rotatable bonds is 6. The van der Waals surface area contributed by atoms with Gasteiger partial charge in [-0.1, -0.05) is 48.5 Å². The highest BCUT2D eigenvalue weighted by atomic mass is 16.1. The van der Waals surface area contributed by atoms with Gasteiger partial charge in [0, 0.05) is 31.7 Å². The molecule has 0 atom stereocenters. The first-order valence-electron chi connectivity index (χ1n) is 8.46. The molecule has 0 aliphatic carbocycles. The number of nitrogens with one attached hydrogen (secondary N) is 1. The lowest BCUT2D eigenvalue weighted by molar-refractivity contribution is -0.120. The van der Waals surface area contributed by atoms with Crippen molar-refractivity contribution >= 4 is 11.6 Å². The fourth-order valence-electron chi connectivity index (χ4n) is 3.16. The van der Waals surface area contributed by atoms with Gasteiger partial charge in [-0.2, -0.15) is 0 Å². The van der Waals surface area contributed by atoms with Crippen LogP contribution in [-0.4, -0.2) is 25.5 Å². The number of para-hydroxylation sites is 1. The van der Waals surface area contributed by atoms with Crippen molar-refractivity contribution in [2.75, 3.05) is 24.5 Å². The second-order valence-electron chi connectivity index (χ2n) is 6.05. The molecule has 0 bridgehead atoms. The van der Waals surface area contributed by atoms with Crippen LogP contribution in [-0.2, 0) is 17.6 Å². The summed E-state index contributed by atoms with van der Waals surface area (Å²) in [6, 6.07) is 18.8. The van der Waals surface area contributed by atoms with Gasteiger partial charge in [-0.3, -0.25) is 4.79 Å². The average molecular weight is 308 g/mol. The number of fused-ring (bicyclic) bond motifs is 1. The number of carbonyl (C=O) groups excluding carboxylic acids is 1. The SMILES string of the molecule is O=C(CCN1CCCc2ccccc21)NCCc1ccccc1. The summed E-state index contributed by atoms with van der Waals surface area (Å²) in [6.45, 7) is 2.56. The second-order valence-corrected chi connectivity index (χ2v) is 6.05. The molecular weight excluding hydrogens is 284 g/mol. The first kappa shape index (κ1) is 15.6. The fourth-order valence-corrected chi connectivity index (χ4v) is 3.16. The molecule has 1 aliphatic rings. The van der Waals surface area contributed by atoms with E-state index in [4.69, 9.17) is 0 Å². The Morgan fingerprint density at radius 2 is 1.83 bits per heavy atom. The van der Waals surface area contributed by atoms with Crippen LogP contribution in [0.25, 0.3) is 0 Å². The summed E-state index contributed by atoms with van der Waals surface area (Å²) in [6.07, 6.45) is 3.77. The Bertz CT molecular complexity index is 639. The molecule has 2 aromatic carbocycles. The lowest BCUT2D eigenvalue weighted by Crippen LogP contribution is -2.34. The Morgan fingerprint density at radius 3 is 2.70 bits per heavy atom. The molecule has 3 heteroatoms. The molecule has 3 nitrogen and oxygen atoms in total. The van der Waals surface area contributed by atoms with Crippen molar-refractivity contribution in [2.45, 2.75) is 25.7 Å². The van der Waals surface area contributed by atoms with Crippen LogP contribution in [0.15, 0.2) is 54.6 Å². The van der Waals surface area contributed by atoms with Crippen LogP contribution in [0.2, 0.25) is 0 Å². The van der Waals surface area contributed by atoms with Crippen LogP contribution < -0.4 is 10.2 Å². The third-order valence-corrected chi connectivity index (χ3v) is 4.39. The zero-order chi connectivity index (χ0) is 15.9. The van der Waals surface area contributed by atoms with Gasteiger partial charge < -0.3 is 10.2 Å². The summed E-state index contributed by atoms with van der Waals surface area (Å²) in [5, 5.41) is 3.03. The zero-order valence-electron chi connectivity index (χ0n) is 13.5. The molecule has 23 heavy (non-hydrogen) atoms.